The molecule has 0 atom stereocenters. The van der Waals surface area contributed by atoms with E-state index in [-0.39, 0.29) is 36.0 Å². The van der Waals surface area contributed by atoms with Crippen LogP contribution < -0.4 is 10.6 Å². The standard InChI is InChI=1S/C21H19FN4O3/c1-2-29-20(28)16-8-4-6-10-18(16)26-19(27)15-12-24-21(25-13-15)23-11-14-7-3-5-9-17(14)22/h3-10,12-13H,2,11H2,1H3,(H,26,27)(H,23,24,25). The molecule has 2 N–H and O–H groups in total. The summed E-state index contributed by atoms with van der Waals surface area (Å²) >= 11 is 0. The molecule has 8 heteroatoms. The summed E-state index contributed by atoms with van der Waals surface area (Å²) in [5.74, 6) is -1.05. The van der Waals surface area contributed by atoms with E-state index >= 15 is 0 Å². The molecule has 1 amide bonds. The van der Waals surface area contributed by atoms with Gasteiger partial charge < -0.3 is 15.4 Å². The number of halogens is 1. The first-order valence-corrected chi connectivity index (χ1v) is 8.95. The average Bonchev–Trinajstić information content (AvgIpc) is 2.74. The number of amides is 1. The van der Waals surface area contributed by atoms with Crippen LogP contribution in [0.3, 0.4) is 0 Å². The summed E-state index contributed by atoms with van der Waals surface area (Å²) in [5.41, 5.74) is 1.28. The second-order valence-electron chi connectivity index (χ2n) is 5.96. The van der Waals surface area contributed by atoms with E-state index in [1.165, 1.54) is 18.5 Å². The van der Waals surface area contributed by atoms with Gasteiger partial charge in [0, 0.05) is 24.5 Å². The minimum Gasteiger partial charge on any atom is -0.462 e. The van der Waals surface area contributed by atoms with Crippen LogP contribution in [0.4, 0.5) is 16.0 Å². The summed E-state index contributed by atoms with van der Waals surface area (Å²) in [7, 11) is 0. The third kappa shape index (κ3) is 5.13. The van der Waals surface area contributed by atoms with Crippen molar-refractivity contribution in [2.45, 2.75) is 13.5 Å². The summed E-state index contributed by atoms with van der Waals surface area (Å²) in [5, 5.41) is 5.56. The van der Waals surface area contributed by atoms with Gasteiger partial charge in [0.1, 0.15) is 5.82 Å². The Bertz CT molecular complexity index is 1010. The first-order valence-electron chi connectivity index (χ1n) is 8.95. The van der Waals surface area contributed by atoms with E-state index in [1.807, 2.05) is 0 Å². The number of carbonyl (C=O) groups excluding carboxylic acids is 2. The van der Waals surface area contributed by atoms with Crippen molar-refractivity contribution in [2.24, 2.45) is 0 Å². The summed E-state index contributed by atoms with van der Waals surface area (Å²) < 4.78 is 18.6. The molecule has 0 fully saturated rings. The molecule has 148 valence electrons. The maximum absolute atomic E-state index is 13.6. The fourth-order valence-electron chi connectivity index (χ4n) is 2.53. The van der Waals surface area contributed by atoms with Gasteiger partial charge >= 0.3 is 5.97 Å². The van der Waals surface area contributed by atoms with Crippen molar-refractivity contribution in [2.75, 3.05) is 17.2 Å². The van der Waals surface area contributed by atoms with Gasteiger partial charge in [0.25, 0.3) is 5.91 Å². The lowest BCUT2D eigenvalue weighted by atomic mass is 10.1. The van der Waals surface area contributed by atoms with Crippen molar-refractivity contribution in [1.29, 1.82) is 0 Å². The molecule has 1 aromatic heterocycles. The van der Waals surface area contributed by atoms with Gasteiger partial charge in [-0.2, -0.15) is 0 Å². The third-order valence-corrected chi connectivity index (χ3v) is 3.98. The molecule has 0 bridgehead atoms. The topological polar surface area (TPSA) is 93.2 Å². The molecule has 0 aliphatic rings. The largest absolute Gasteiger partial charge is 0.462 e. The SMILES string of the molecule is CCOC(=O)c1ccccc1NC(=O)c1cnc(NCc2ccccc2F)nc1. The van der Waals surface area contributed by atoms with Gasteiger partial charge in [0.15, 0.2) is 0 Å². The molecule has 1 heterocycles. The molecule has 3 rings (SSSR count). The predicted octanol–water partition coefficient (Wildman–Crippen LogP) is 3.66. The molecular formula is C21H19FN4O3. The fraction of sp³-hybridized carbons (Fsp3) is 0.143. The van der Waals surface area contributed by atoms with Crippen molar-refractivity contribution in [3.8, 4) is 0 Å². The van der Waals surface area contributed by atoms with E-state index in [0.29, 0.717) is 11.3 Å². The first-order chi connectivity index (χ1) is 14.1. The molecule has 3 aromatic rings. The Morgan fingerprint density at radius 3 is 2.45 bits per heavy atom. The van der Waals surface area contributed by atoms with Crippen molar-refractivity contribution >= 4 is 23.5 Å². The van der Waals surface area contributed by atoms with Gasteiger partial charge in [-0.25, -0.2) is 19.2 Å². The number of rotatable bonds is 7. The van der Waals surface area contributed by atoms with E-state index in [1.54, 1.807) is 49.4 Å². The summed E-state index contributed by atoms with van der Waals surface area (Å²) in [4.78, 5) is 32.6. The highest BCUT2D eigenvalue weighted by atomic mass is 19.1. The first kappa shape index (κ1) is 19.9. The highest BCUT2D eigenvalue weighted by molar-refractivity contribution is 6.07. The van der Waals surface area contributed by atoms with E-state index in [2.05, 4.69) is 20.6 Å². The van der Waals surface area contributed by atoms with Crippen LogP contribution in [0.25, 0.3) is 0 Å². The van der Waals surface area contributed by atoms with Gasteiger partial charge in [0.2, 0.25) is 5.95 Å². The number of para-hydroxylation sites is 1. The zero-order valence-electron chi connectivity index (χ0n) is 15.7. The minimum atomic E-state index is -0.521. The molecule has 29 heavy (non-hydrogen) atoms. The van der Waals surface area contributed by atoms with Crippen LogP contribution in [0, 0.1) is 5.82 Å². The maximum Gasteiger partial charge on any atom is 0.340 e. The van der Waals surface area contributed by atoms with Crippen molar-refractivity contribution in [3.05, 3.63) is 83.4 Å². The van der Waals surface area contributed by atoms with Crippen molar-refractivity contribution < 1.29 is 18.7 Å². The summed E-state index contributed by atoms with van der Waals surface area (Å²) in [6.45, 7) is 2.15. The number of aromatic nitrogens is 2. The summed E-state index contributed by atoms with van der Waals surface area (Å²) in [6, 6.07) is 12.9. The third-order valence-electron chi connectivity index (χ3n) is 3.98. The lowest BCUT2D eigenvalue weighted by Crippen LogP contribution is -2.16. The molecule has 0 unspecified atom stereocenters. The zero-order valence-corrected chi connectivity index (χ0v) is 15.7. The fourth-order valence-corrected chi connectivity index (χ4v) is 2.53. The number of anilines is 2. The van der Waals surface area contributed by atoms with Crippen molar-refractivity contribution in [1.82, 2.24) is 9.97 Å². The number of nitrogens with zero attached hydrogens (tertiary/aromatic N) is 2. The van der Waals surface area contributed by atoms with Gasteiger partial charge in [0.05, 0.1) is 23.4 Å². The molecule has 0 aliphatic heterocycles. The van der Waals surface area contributed by atoms with Crippen LogP contribution in [-0.2, 0) is 11.3 Å². The van der Waals surface area contributed by atoms with Crippen LogP contribution in [0.5, 0.6) is 0 Å². The number of nitrogens with one attached hydrogen (secondary N) is 2. The van der Waals surface area contributed by atoms with Crippen LogP contribution in [-0.4, -0.2) is 28.5 Å². The minimum absolute atomic E-state index is 0.208. The Morgan fingerprint density at radius 1 is 1.03 bits per heavy atom. The summed E-state index contributed by atoms with van der Waals surface area (Å²) in [6.07, 6.45) is 2.69. The number of benzene rings is 2. The average molecular weight is 394 g/mol. The highest BCUT2D eigenvalue weighted by Gasteiger charge is 2.15. The van der Waals surface area contributed by atoms with Crippen LogP contribution in [0.1, 0.15) is 33.2 Å². The molecule has 0 aliphatic carbocycles. The van der Waals surface area contributed by atoms with E-state index in [9.17, 15) is 14.0 Å². The van der Waals surface area contributed by atoms with Crippen LogP contribution in [0.15, 0.2) is 60.9 Å². The Kier molecular flexibility index (Phi) is 6.47. The van der Waals surface area contributed by atoms with Gasteiger partial charge in [-0.05, 0) is 25.1 Å². The Balaban J connectivity index is 1.65. The van der Waals surface area contributed by atoms with Gasteiger partial charge in [-0.3, -0.25) is 4.79 Å². The van der Waals surface area contributed by atoms with E-state index in [4.69, 9.17) is 4.74 Å². The van der Waals surface area contributed by atoms with Crippen LogP contribution >= 0.6 is 0 Å². The molecule has 7 nitrogen and oxygen atoms in total. The molecule has 0 spiro atoms. The number of esters is 1. The quantitative estimate of drug-likeness (QED) is 0.594. The lowest BCUT2D eigenvalue weighted by Gasteiger charge is -2.10. The van der Waals surface area contributed by atoms with E-state index < -0.39 is 11.9 Å². The van der Waals surface area contributed by atoms with E-state index in [0.717, 1.165) is 0 Å². The number of carbonyl (C=O) groups is 2. The van der Waals surface area contributed by atoms with Crippen molar-refractivity contribution in [3.63, 3.8) is 0 Å². The maximum atomic E-state index is 13.6. The highest BCUT2D eigenvalue weighted by Crippen LogP contribution is 2.17. The normalized spacial score (nSPS) is 10.3. The van der Waals surface area contributed by atoms with Crippen LogP contribution in [0.2, 0.25) is 0 Å². The lowest BCUT2D eigenvalue weighted by molar-refractivity contribution is 0.0527. The molecule has 0 radical (unpaired) electrons. The van der Waals surface area contributed by atoms with Gasteiger partial charge in [-0.1, -0.05) is 30.3 Å². The predicted molar refractivity (Wildman–Crippen MR) is 106 cm³/mol. The van der Waals surface area contributed by atoms with Gasteiger partial charge in [-0.15, -0.1) is 0 Å². The monoisotopic (exact) mass is 394 g/mol. The molecular weight excluding hydrogens is 375 g/mol. The molecule has 2 aromatic carbocycles. The molecule has 0 saturated heterocycles. The Hall–Kier alpha value is -3.81. The number of hydrogen-bond acceptors (Lipinski definition) is 6. The number of ether oxygens (including phenoxy) is 1. The Morgan fingerprint density at radius 2 is 1.72 bits per heavy atom. The molecule has 0 saturated carbocycles. The Labute approximate surface area is 167 Å². The number of hydrogen-bond donors (Lipinski definition) is 2. The zero-order chi connectivity index (χ0) is 20.6. The second kappa shape index (κ2) is 9.41. The second-order valence-corrected chi connectivity index (χ2v) is 5.96. The smallest absolute Gasteiger partial charge is 0.340 e.